The maximum Gasteiger partial charge on any atom is 0.0706 e. The molecular formula is C14H15NO. The summed E-state index contributed by atoms with van der Waals surface area (Å²) in [6.45, 7) is 0.751. The van der Waals surface area contributed by atoms with Crippen molar-refractivity contribution in [1.82, 2.24) is 0 Å². The molecule has 16 heavy (non-hydrogen) atoms. The third-order valence-electron chi connectivity index (χ3n) is 2.43. The van der Waals surface area contributed by atoms with Crippen molar-refractivity contribution in [3.05, 3.63) is 66.2 Å². The topological polar surface area (TPSA) is 12.5 Å². The summed E-state index contributed by atoms with van der Waals surface area (Å²) in [7, 11) is 1.69. The van der Waals surface area contributed by atoms with Gasteiger partial charge in [-0.05, 0) is 17.7 Å². The molecule has 2 aromatic carbocycles. The van der Waals surface area contributed by atoms with E-state index in [4.69, 9.17) is 4.84 Å². The van der Waals surface area contributed by atoms with Crippen LogP contribution in [-0.2, 0) is 11.4 Å². The van der Waals surface area contributed by atoms with Crippen molar-refractivity contribution in [3.63, 3.8) is 0 Å². The first-order valence-electron chi connectivity index (χ1n) is 5.31. The summed E-state index contributed by atoms with van der Waals surface area (Å²) in [6, 6.07) is 20.4. The van der Waals surface area contributed by atoms with Gasteiger partial charge in [0.05, 0.1) is 19.3 Å². The van der Waals surface area contributed by atoms with Crippen LogP contribution < -0.4 is 5.06 Å². The van der Waals surface area contributed by atoms with Crippen molar-refractivity contribution in [1.29, 1.82) is 0 Å². The zero-order valence-electron chi connectivity index (χ0n) is 9.34. The maximum absolute atomic E-state index is 5.37. The Bertz CT molecular complexity index is 413. The second kappa shape index (κ2) is 5.33. The summed E-state index contributed by atoms with van der Waals surface area (Å²) in [6.07, 6.45) is 0. The molecule has 2 rings (SSSR count). The summed E-state index contributed by atoms with van der Waals surface area (Å²) in [4.78, 5) is 5.37. The van der Waals surface area contributed by atoms with Gasteiger partial charge in [0.25, 0.3) is 0 Å². The van der Waals surface area contributed by atoms with E-state index in [1.807, 2.05) is 53.6 Å². The molecule has 2 aromatic rings. The molecule has 0 unspecified atom stereocenters. The molecule has 0 radical (unpaired) electrons. The van der Waals surface area contributed by atoms with Gasteiger partial charge in [-0.15, -0.1) is 0 Å². The molecule has 0 aliphatic carbocycles. The van der Waals surface area contributed by atoms with Gasteiger partial charge in [-0.1, -0.05) is 48.5 Å². The Hall–Kier alpha value is -1.80. The largest absolute Gasteiger partial charge is 0.276 e. The zero-order valence-corrected chi connectivity index (χ0v) is 9.34. The zero-order chi connectivity index (χ0) is 11.2. The first-order valence-corrected chi connectivity index (χ1v) is 5.31. The molecule has 0 fully saturated rings. The van der Waals surface area contributed by atoms with E-state index in [2.05, 4.69) is 12.1 Å². The van der Waals surface area contributed by atoms with Crippen LogP contribution in [0.5, 0.6) is 0 Å². The van der Waals surface area contributed by atoms with Crippen LogP contribution in [0.4, 0.5) is 5.69 Å². The maximum atomic E-state index is 5.37. The van der Waals surface area contributed by atoms with E-state index in [0.29, 0.717) is 0 Å². The first kappa shape index (κ1) is 10.7. The Labute approximate surface area is 96.0 Å². The normalized spacial score (nSPS) is 10.1. The second-order valence-corrected chi connectivity index (χ2v) is 3.54. The van der Waals surface area contributed by atoms with Gasteiger partial charge in [0.15, 0.2) is 0 Å². The molecule has 0 aliphatic rings. The third-order valence-corrected chi connectivity index (χ3v) is 2.43. The van der Waals surface area contributed by atoms with Crippen LogP contribution in [0.2, 0.25) is 0 Å². The summed E-state index contributed by atoms with van der Waals surface area (Å²) in [5.41, 5.74) is 2.29. The van der Waals surface area contributed by atoms with Crippen molar-refractivity contribution < 1.29 is 4.84 Å². The van der Waals surface area contributed by atoms with Gasteiger partial charge in [-0.2, -0.15) is 0 Å². The highest BCUT2D eigenvalue weighted by molar-refractivity contribution is 5.43. The Morgan fingerprint density at radius 1 is 0.875 bits per heavy atom. The fourth-order valence-corrected chi connectivity index (χ4v) is 1.60. The molecule has 2 nitrogen and oxygen atoms in total. The van der Waals surface area contributed by atoms with Crippen LogP contribution in [0.15, 0.2) is 60.7 Å². The molecule has 0 saturated heterocycles. The molecule has 0 N–H and O–H groups in total. The van der Waals surface area contributed by atoms with Gasteiger partial charge < -0.3 is 0 Å². The Balaban J connectivity index is 2.13. The summed E-state index contributed by atoms with van der Waals surface area (Å²) < 4.78 is 0. The van der Waals surface area contributed by atoms with Crippen molar-refractivity contribution in [2.45, 2.75) is 6.54 Å². The molecular weight excluding hydrogens is 198 g/mol. The second-order valence-electron chi connectivity index (χ2n) is 3.54. The monoisotopic (exact) mass is 213 g/mol. The molecule has 0 saturated carbocycles. The van der Waals surface area contributed by atoms with E-state index >= 15 is 0 Å². The molecule has 0 amide bonds. The number of nitrogens with zero attached hydrogens (tertiary/aromatic N) is 1. The SMILES string of the molecule is CON(Cc1ccccc1)c1ccccc1. The number of hydrogen-bond acceptors (Lipinski definition) is 2. The predicted molar refractivity (Wildman–Crippen MR) is 66.1 cm³/mol. The Kier molecular flexibility index (Phi) is 3.57. The minimum atomic E-state index is 0.751. The highest BCUT2D eigenvalue weighted by Gasteiger charge is 2.04. The van der Waals surface area contributed by atoms with Crippen LogP contribution in [0.3, 0.4) is 0 Å². The molecule has 0 aromatic heterocycles. The minimum absolute atomic E-state index is 0.751. The fourth-order valence-electron chi connectivity index (χ4n) is 1.60. The number of benzene rings is 2. The van der Waals surface area contributed by atoms with Crippen LogP contribution >= 0.6 is 0 Å². The van der Waals surface area contributed by atoms with Crippen molar-refractivity contribution >= 4 is 5.69 Å². The van der Waals surface area contributed by atoms with Crippen molar-refractivity contribution in [2.24, 2.45) is 0 Å². The van der Waals surface area contributed by atoms with Gasteiger partial charge in [-0.3, -0.25) is 9.90 Å². The van der Waals surface area contributed by atoms with Crippen molar-refractivity contribution in [3.8, 4) is 0 Å². The lowest BCUT2D eigenvalue weighted by Crippen LogP contribution is -2.20. The van der Waals surface area contributed by atoms with E-state index in [1.54, 1.807) is 7.11 Å². The van der Waals surface area contributed by atoms with Gasteiger partial charge in [-0.25, -0.2) is 0 Å². The third kappa shape index (κ3) is 2.61. The number of para-hydroxylation sites is 1. The average molecular weight is 213 g/mol. The summed E-state index contributed by atoms with van der Waals surface area (Å²) in [5.74, 6) is 0. The van der Waals surface area contributed by atoms with Gasteiger partial charge in [0, 0.05) is 0 Å². The molecule has 0 atom stereocenters. The Morgan fingerprint density at radius 2 is 1.44 bits per heavy atom. The number of rotatable bonds is 4. The lowest BCUT2D eigenvalue weighted by molar-refractivity contribution is 0.163. The summed E-state index contributed by atoms with van der Waals surface area (Å²) >= 11 is 0. The fraction of sp³-hybridized carbons (Fsp3) is 0.143. The van der Waals surface area contributed by atoms with E-state index in [1.165, 1.54) is 5.56 Å². The van der Waals surface area contributed by atoms with E-state index in [-0.39, 0.29) is 0 Å². The average Bonchev–Trinajstić information content (AvgIpc) is 2.38. The van der Waals surface area contributed by atoms with E-state index < -0.39 is 0 Å². The number of anilines is 1. The van der Waals surface area contributed by atoms with Gasteiger partial charge >= 0.3 is 0 Å². The van der Waals surface area contributed by atoms with Crippen LogP contribution in [0, 0.1) is 0 Å². The molecule has 0 heterocycles. The highest BCUT2D eigenvalue weighted by atomic mass is 16.7. The number of hydroxylamine groups is 1. The number of hydrogen-bond donors (Lipinski definition) is 0. The Morgan fingerprint density at radius 3 is 2.00 bits per heavy atom. The quantitative estimate of drug-likeness (QED) is 0.723. The smallest absolute Gasteiger partial charge is 0.0706 e. The van der Waals surface area contributed by atoms with Crippen LogP contribution in [0.1, 0.15) is 5.56 Å². The predicted octanol–water partition coefficient (Wildman–Crippen LogP) is 3.25. The standard InChI is InChI=1S/C14H15NO/c1-16-15(14-10-6-3-7-11-14)12-13-8-4-2-5-9-13/h2-11H,12H2,1H3. The minimum Gasteiger partial charge on any atom is -0.276 e. The molecule has 0 aliphatic heterocycles. The van der Waals surface area contributed by atoms with Gasteiger partial charge in [0.1, 0.15) is 0 Å². The first-order chi connectivity index (χ1) is 7.90. The molecule has 0 bridgehead atoms. The van der Waals surface area contributed by atoms with Crippen LogP contribution in [0.25, 0.3) is 0 Å². The highest BCUT2D eigenvalue weighted by Crippen LogP contribution is 2.16. The molecule has 82 valence electrons. The summed E-state index contributed by atoms with van der Waals surface area (Å²) in [5, 5.41) is 1.87. The van der Waals surface area contributed by atoms with Crippen LogP contribution in [-0.4, -0.2) is 7.11 Å². The lowest BCUT2D eigenvalue weighted by atomic mass is 10.2. The van der Waals surface area contributed by atoms with E-state index in [0.717, 1.165) is 12.2 Å². The van der Waals surface area contributed by atoms with E-state index in [9.17, 15) is 0 Å². The molecule has 2 heteroatoms. The van der Waals surface area contributed by atoms with Gasteiger partial charge in [0.2, 0.25) is 0 Å². The van der Waals surface area contributed by atoms with Crippen molar-refractivity contribution in [2.75, 3.05) is 12.2 Å². The lowest BCUT2D eigenvalue weighted by Gasteiger charge is -2.21. The molecule has 0 spiro atoms.